The van der Waals surface area contributed by atoms with E-state index in [1.165, 1.54) is 135 Å². The molecule has 0 heterocycles. The van der Waals surface area contributed by atoms with Gasteiger partial charge in [-0.2, -0.15) is 0 Å². The zero-order chi connectivity index (χ0) is 34.7. The summed E-state index contributed by atoms with van der Waals surface area (Å²) < 4.78 is 0. The van der Waals surface area contributed by atoms with Gasteiger partial charge in [0, 0.05) is 47.6 Å². The summed E-state index contributed by atoms with van der Waals surface area (Å²) in [6.45, 7) is 8.61. The summed E-state index contributed by atoms with van der Waals surface area (Å²) in [6, 6.07) is 0. The van der Waals surface area contributed by atoms with E-state index >= 15 is 0 Å². The van der Waals surface area contributed by atoms with E-state index in [-0.39, 0.29) is 28.3 Å². The minimum absolute atomic E-state index is 0. The second kappa shape index (κ2) is 53.6. The Kier molecular flexibility index (Phi) is 63.5. The van der Waals surface area contributed by atoms with Crippen molar-refractivity contribution in [1.82, 2.24) is 0 Å². The van der Waals surface area contributed by atoms with Crippen molar-refractivity contribution in [2.75, 3.05) is 6.61 Å². The summed E-state index contributed by atoms with van der Waals surface area (Å²) in [5.74, 6) is -1.98. The van der Waals surface area contributed by atoms with Crippen LogP contribution in [-0.2, 0) is 36.1 Å². The number of carboxylic acids is 3. The maximum absolute atomic E-state index is 10.2. The van der Waals surface area contributed by atoms with E-state index in [9.17, 15) is 14.4 Å². The molecule has 7 nitrogen and oxygen atoms in total. The largest absolute Gasteiger partial charge is 0.481 e. The van der Waals surface area contributed by atoms with Crippen molar-refractivity contribution in [3.05, 3.63) is 0 Å². The predicted molar refractivity (Wildman–Crippen MR) is 191 cm³/mol. The summed E-state index contributed by atoms with van der Waals surface area (Å²) in [6.07, 6.45) is 34.4. The van der Waals surface area contributed by atoms with E-state index in [0.29, 0.717) is 19.3 Å². The van der Waals surface area contributed by atoms with Gasteiger partial charge in [-0.15, -0.1) is 0 Å². The first-order chi connectivity index (χ1) is 21.7. The van der Waals surface area contributed by atoms with Gasteiger partial charge in [-0.05, 0) is 26.2 Å². The van der Waals surface area contributed by atoms with E-state index in [2.05, 4.69) is 20.8 Å². The minimum atomic E-state index is -0.659. The molecule has 0 spiro atoms. The van der Waals surface area contributed by atoms with Gasteiger partial charge in [0.1, 0.15) is 0 Å². The molecule has 0 amide bonds. The first-order valence-electron chi connectivity index (χ1n) is 19.0. The summed E-state index contributed by atoms with van der Waals surface area (Å²) in [5.41, 5.74) is 0. The van der Waals surface area contributed by atoms with Crippen LogP contribution in [-0.4, -0.2) is 44.9 Å². The molecule has 0 aromatic carbocycles. The molecule has 46 heavy (non-hydrogen) atoms. The van der Waals surface area contributed by atoms with E-state index in [0.717, 1.165) is 38.5 Å². The van der Waals surface area contributed by atoms with E-state index in [1.807, 2.05) is 0 Å². The molecule has 0 radical (unpaired) electrons. The average Bonchev–Trinajstić information content (AvgIpc) is 2.99. The number of aliphatic carboxylic acids is 3. The van der Waals surface area contributed by atoms with Gasteiger partial charge < -0.3 is 20.4 Å². The molecule has 0 aliphatic carbocycles. The molecular formula is C38H78O7Ti. The van der Waals surface area contributed by atoms with Crippen LogP contribution in [0.4, 0.5) is 0 Å². The maximum atomic E-state index is 10.2. The molecule has 0 bridgehead atoms. The molecule has 0 aliphatic rings. The number of aliphatic hydroxyl groups excluding tert-OH is 1. The van der Waals surface area contributed by atoms with E-state index in [1.54, 1.807) is 6.92 Å². The molecule has 8 heteroatoms. The van der Waals surface area contributed by atoms with Crippen LogP contribution in [0.3, 0.4) is 0 Å². The molecule has 0 rings (SSSR count). The SMILES string of the molecule is CCCCCCCCCCCC(=O)O.CCCCCCCCCCCC(=O)O.CCCCCCCCCCCC(=O)O.CCO.[Ti]. The van der Waals surface area contributed by atoms with Crippen molar-refractivity contribution in [2.45, 2.75) is 220 Å². The van der Waals surface area contributed by atoms with Crippen molar-refractivity contribution in [1.29, 1.82) is 0 Å². The van der Waals surface area contributed by atoms with Gasteiger partial charge in [0.15, 0.2) is 0 Å². The molecule has 0 fully saturated rings. The van der Waals surface area contributed by atoms with Crippen molar-refractivity contribution in [3.8, 4) is 0 Å². The van der Waals surface area contributed by atoms with Crippen LogP contribution in [0.1, 0.15) is 220 Å². The van der Waals surface area contributed by atoms with Gasteiger partial charge in [0.05, 0.1) is 0 Å². The van der Waals surface area contributed by atoms with Gasteiger partial charge in [-0.25, -0.2) is 0 Å². The monoisotopic (exact) mass is 695 g/mol. The quantitative estimate of drug-likeness (QED) is 0.0434. The van der Waals surface area contributed by atoms with Crippen LogP contribution in [0.2, 0.25) is 0 Å². The Balaban J connectivity index is -0.000000173. The first-order valence-corrected chi connectivity index (χ1v) is 19.0. The van der Waals surface area contributed by atoms with Crippen LogP contribution in [0, 0.1) is 0 Å². The van der Waals surface area contributed by atoms with E-state index < -0.39 is 17.9 Å². The number of carboxylic acid groups (broad SMARTS) is 3. The molecule has 0 aromatic rings. The number of hydrogen-bond acceptors (Lipinski definition) is 4. The third kappa shape index (κ3) is 74.1. The Hall–Kier alpha value is -0.916. The molecular weight excluding hydrogens is 616 g/mol. The molecule has 276 valence electrons. The van der Waals surface area contributed by atoms with Gasteiger partial charge in [-0.3, -0.25) is 14.4 Å². The Morgan fingerprint density at radius 1 is 0.326 bits per heavy atom. The van der Waals surface area contributed by atoms with E-state index in [4.69, 9.17) is 20.4 Å². The van der Waals surface area contributed by atoms with Crippen molar-refractivity contribution >= 4 is 17.9 Å². The average molecular weight is 695 g/mol. The third-order valence-electron chi connectivity index (χ3n) is 7.48. The van der Waals surface area contributed by atoms with Crippen LogP contribution in [0.25, 0.3) is 0 Å². The third-order valence-corrected chi connectivity index (χ3v) is 7.48. The van der Waals surface area contributed by atoms with Crippen LogP contribution < -0.4 is 0 Å². The number of carbonyl (C=O) groups is 3. The number of hydrogen-bond donors (Lipinski definition) is 4. The Morgan fingerprint density at radius 3 is 0.587 bits per heavy atom. The molecule has 4 N–H and O–H groups in total. The van der Waals surface area contributed by atoms with Crippen LogP contribution in [0.5, 0.6) is 0 Å². The number of unbranched alkanes of at least 4 members (excludes halogenated alkanes) is 24. The van der Waals surface area contributed by atoms with Crippen molar-refractivity contribution < 1.29 is 56.5 Å². The van der Waals surface area contributed by atoms with Crippen molar-refractivity contribution in [2.24, 2.45) is 0 Å². The Bertz CT molecular complexity index is 497. The molecule has 0 unspecified atom stereocenters. The standard InChI is InChI=1S/3C12H24O2.C2H6O.Ti/c3*1-2-3-4-5-6-7-8-9-10-11-12(13)14;1-2-3;/h3*2-11H2,1H3,(H,13,14);3H,2H2,1H3;. The summed E-state index contributed by atoms with van der Waals surface area (Å²) >= 11 is 0. The van der Waals surface area contributed by atoms with Gasteiger partial charge >= 0.3 is 17.9 Å². The molecule has 0 saturated heterocycles. The fraction of sp³-hybridized carbons (Fsp3) is 0.921. The molecule has 0 aromatic heterocycles. The first kappa shape index (κ1) is 54.5. The zero-order valence-electron chi connectivity index (χ0n) is 30.9. The summed E-state index contributed by atoms with van der Waals surface area (Å²) in [4.78, 5) is 30.6. The summed E-state index contributed by atoms with van der Waals surface area (Å²) in [7, 11) is 0. The minimum Gasteiger partial charge on any atom is -0.481 e. The Labute approximate surface area is 300 Å². The smallest absolute Gasteiger partial charge is 0.303 e. The fourth-order valence-electron chi connectivity index (χ4n) is 4.76. The molecule has 0 aliphatic heterocycles. The second-order valence-electron chi connectivity index (χ2n) is 12.2. The summed E-state index contributed by atoms with van der Waals surface area (Å²) in [5, 5.41) is 32.8. The maximum Gasteiger partial charge on any atom is 0.303 e. The van der Waals surface area contributed by atoms with Crippen LogP contribution in [0.15, 0.2) is 0 Å². The number of aliphatic hydroxyl groups is 1. The van der Waals surface area contributed by atoms with Gasteiger partial charge in [-0.1, -0.05) is 175 Å². The molecule has 0 saturated carbocycles. The normalized spacial score (nSPS) is 9.85. The van der Waals surface area contributed by atoms with Crippen molar-refractivity contribution in [3.63, 3.8) is 0 Å². The zero-order valence-corrected chi connectivity index (χ0v) is 32.5. The predicted octanol–water partition coefficient (Wildman–Crippen LogP) is 12.0. The van der Waals surface area contributed by atoms with Gasteiger partial charge in [0.2, 0.25) is 0 Å². The fourth-order valence-corrected chi connectivity index (χ4v) is 4.76. The number of rotatable bonds is 30. The van der Waals surface area contributed by atoms with Crippen LogP contribution >= 0.6 is 0 Å². The Morgan fingerprint density at radius 2 is 0.457 bits per heavy atom. The topological polar surface area (TPSA) is 132 Å². The molecule has 0 atom stereocenters. The second-order valence-corrected chi connectivity index (χ2v) is 12.2. The van der Waals surface area contributed by atoms with Gasteiger partial charge in [0.25, 0.3) is 0 Å².